The smallest absolute Gasteiger partial charge is 0.234 e. The average Bonchev–Trinajstić information content (AvgIpc) is 3.07. The molecule has 2 N–H and O–H groups in total. The fraction of sp³-hybridized carbons (Fsp3) is 0.353. The number of nitrogens with zero attached hydrogens (tertiary/aromatic N) is 1. The van der Waals surface area contributed by atoms with Gasteiger partial charge in [0.1, 0.15) is 5.82 Å². The molecule has 24 heavy (non-hydrogen) atoms. The van der Waals surface area contributed by atoms with Crippen LogP contribution in [0.15, 0.2) is 41.8 Å². The lowest BCUT2D eigenvalue weighted by molar-refractivity contribution is -0.123. The Labute approximate surface area is 151 Å². The summed E-state index contributed by atoms with van der Waals surface area (Å²) in [6.45, 7) is 3.22. The van der Waals surface area contributed by atoms with Gasteiger partial charge in [-0.3, -0.25) is 9.69 Å². The first-order valence-electron chi connectivity index (χ1n) is 7.71. The number of halogens is 2. The topological polar surface area (TPSA) is 44.4 Å². The summed E-state index contributed by atoms with van der Waals surface area (Å²) >= 11 is 1.63. The van der Waals surface area contributed by atoms with Crippen molar-refractivity contribution in [2.24, 2.45) is 0 Å². The third kappa shape index (κ3) is 5.01. The lowest BCUT2D eigenvalue weighted by atomic mass is 10.0. The number of benzene rings is 1. The third-order valence-corrected chi connectivity index (χ3v) is 4.85. The van der Waals surface area contributed by atoms with Gasteiger partial charge in [-0.1, -0.05) is 18.2 Å². The van der Waals surface area contributed by atoms with Gasteiger partial charge >= 0.3 is 0 Å². The van der Waals surface area contributed by atoms with Crippen LogP contribution in [0.4, 0.5) is 4.39 Å². The van der Waals surface area contributed by atoms with Gasteiger partial charge in [-0.2, -0.15) is 0 Å². The van der Waals surface area contributed by atoms with Crippen molar-refractivity contribution in [3.8, 4) is 0 Å². The summed E-state index contributed by atoms with van der Waals surface area (Å²) < 4.78 is 13.5. The number of rotatable bonds is 5. The average molecular weight is 370 g/mol. The zero-order valence-electron chi connectivity index (χ0n) is 13.2. The van der Waals surface area contributed by atoms with E-state index in [1.54, 1.807) is 23.5 Å². The second-order valence-corrected chi connectivity index (χ2v) is 6.63. The molecule has 1 aromatic heterocycles. The van der Waals surface area contributed by atoms with Gasteiger partial charge in [-0.05, 0) is 29.1 Å². The summed E-state index contributed by atoms with van der Waals surface area (Å²) in [5, 5.41) is 8.27. The van der Waals surface area contributed by atoms with Crippen LogP contribution in [-0.4, -0.2) is 37.0 Å². The third-order valence-electron chi connectivity index (χ3n) is 3.97. The minimum Gasteiger partial charge on any atom is -0.350 e. The first kappa shape index (κ1) is 18.9. The molecule has 1 unspecified atom stereocenters. The van der Waals surface area contributed by atoms with Crippen molar-refractivity contribution in [1.82, 2.24) is 15.5 Å². The van der Waals surface area contributed by atoms with Crippen LogP contribution < -0.4 is 10.6 Å². The molecule has 1 atom stereocenters. The molecule has 2 aromatic rings. The number of hydrogen-bond donors (Lipinski definition) is 2. The monoisotopic (exact) mass is 369 g/mol. The van der Waals surface area contributed by atoms with Crippen LogP contribution in [0.1, 0.15) is 16.5 Å². The van der Waals surface area contributed by atoms with Crippen LogP contribution in [0.25, 0.3) is 0 Å². The molecule has 7 heteroatoms. The number of amides is 1. The molecule has 1 fully saturated rings. The molecule has 130 valence electrons. The number of carbonyl (C=O) groups excluding carboxylic acids is 1. The minimum absolute atomic E-state index is 0. The molecule has 0 bridgehead atoms. The van der Waals surface area contributed by atoms with Gasteiger partial charge in [0.25, 0.3) is 0 Å². The molecule has 0 spiro atoms. The van der Waals surface area contributed by atoms with Crippen molar-refractivity contribution >= 4 is 29.7 Å². The van der Waals surface area contributed by atoms with Gasteiger partial charge in [0.2, 0.25) is 5.91 Å². The predicted octanol–water partition coefficient (Wildman–Crippen LogP) is 2.57. The maximum Gasteiger partial charge on any atom is 0.234 e. The summed E-state index contributed by atoms with van der Waals surface area (Å²) in [5.41, 5.74) is 0.906. The highest BCUT2D eigenvalue weighted by Gasteiger charge is 2.25. The Hall–Kier alpha value is -1.47. The van der Waals surface area contributed by atoms with Gasteiger partial charge in [-0.25, -0.2) is 4.39 Å². The molecule has 4 nitrogen and oxygen atoms in total. The fourth-order valence-electron chi connectivity index (χ4n) is 2.82. The fourth-order valence-corrected chi connectivity index (χ4v) is 3.46. The number of hydrogen-bond acceptors (Lipinski definition) is 4. The standard InChI is InChI=1S/C17H20FN3OS.ClH/c18-14-4-1-3-13(9-14)16-11-19-6-7-21(16)12-17(22)20-10-15-5-2-8-23-15;/h1-5,8-9,16,19H,6-7,10-12H2,(H,20,22);1H. The molecule has 1 amide bonds. The van der Waals surface area contributed by atoms with Gasteiger partial charge in [-0.15, -0.1) is 23.7 Å². The van der Waals surface area contributed by atoms with Crippen molar-refractivity contribution in [2.45, 2.75) is 12.6 Å². The van der Waals surface area contributed by atoms with Crippen molar-refractivity contribution in [1.29, 1.82) is 0 Å². The molecule has 1 aromatic carbocycles. The predicted molar refractivity (Wildman–Crippen MR) is 97.0 cm³/mol. The van der Waals surface area contributed by atoms with Gasteiger partial charge in [0.15, 0.2) is 0 Å². The van der Waals surface area contributed by atoms with Crippen molar-refractivity contribution in [2.75, 3.05) is 26.2 Å². The molecule has 1 aliphatic heterocycles. The Balaban J connectivity index is 0.00000208. The maximum absolute atomic E-state index is 13.5. The van der Waals surface area contributed by atoms with Crippen molar-refractivity contribution in [3.63, 3.8) is 0 Å². The molecular weight excluding hydrogens is 349 g/mol. The summed E-state index contributed by atoms with van der Waals surface area (Å²) in [6, 6.07) is 10.6. The van der Waals surface area contributed by atoms with E-state index in [0.29, 0.717) is 13.1 Å². The lowest BCUT2D eigenvalue weighted by Gasteiger charge is -2.36. The lowest BCUT2D eigenvalue weighted by Crippen LogP contribution is -2.49. The number of thiophene rings is 1. The SMILES string of the molecule is Cl.O=C(CN1CCNCC1c1cccc(F)c1)NCc1cccs1. The zero-order valence-corrected chi connectivity index (χ0v) is 14.8. The van der Waals surface area contributed by atoms with Crippen LogP contribution in [0.5, 0.6) is 0 Å². The Bertz CT molecular complexity index is 653. The van der Waals surface area contributed by atoms with Crippen LogP contribution in [0, 0.1) is 5.82 Å². The molecule has 0 saturated carbocycles. The Morgan fingerprint density at radius 2 is 2.25 bits per heavy atom. The summed E-state index contributed by atoms with van der Waals surface area (Å²) in [4.78, 5) is 15.5. The number of nitrogens with one attached hydrogen (secondary N) is 2. The van der Waals surface area contributed by atoms with E-state index in [1.807, 2.05) is 23.6 Å². The second-order valence-electron chi connectivity index (χ2n) is 5.60. The van der Waals surface area contributed by atoms with E-state index in [1.165, 1.54) is 6.07 Å². The largest absolute Gasteiger partial charge is 0.350 e. The van der Waals surface area contributed by atoms with Gasteiger partial charge < -0.3 is 10.6 Å². The van der Waals surface area contributed by atoms with Crippen molar-refractivity contribution in [3.05, 3.63) is 58.0 Å². The van der Waals surface area contributed by atoms with E-state index in [-0.39, 0.29) is 30.2 Å². The molecule has 0 aliphatic carbocycles. The quantitative estimate of drug-likeness (QED) is 0.851. The number of carbonyl (C=O) groups is 1. The maximum atomic E-state index is 13.5. The van der Waals surface area contributed by atoms with E-state index in [0.717, 1.165) is 30.1 Å². The van der Waals surface area contributed by atoms with E-state index < -0.39 is 0 Å². The molecule has 0 radical (unpaired) electrons. The summed E-state index contributed by atoms with van der Waals surface area (Å²) in [5.74, 6) is -0.239. The minimum atomic E-state index is -0.241. The highest BCUT2D eigenvalue weighted by Crippen LogP contribution is 2.22. The van der Waals surface area contributed by atoms with E-state index >= 15 is 0 Å². The molecule has 2 heterocycles. The normalized spacial score (nSPS) is 18.0. The van der Waals surface area contributed by atoms with E-state index in [9.17, 15) is 9.18 Å². The Morgan fingerprint density at radius 3 is 3.00 bits per heavy atom. The first-order valence-corrected chi connectivity index (χ1v) is 8.59. The molecule has 1 saturated heterocycles. The number of piperazine rings is 1. The summed E-state index contributed by atoms with van der Waals surface area (Å²) in [7, 11) is 0. The van der Waals surface area contributed by atoms with Gasteiger partial charge in [0.05, 0.1) is 13.1 Å². The van der Waals surface area contributed by atoms with Crippen LogP contribution in [0.3, 0.4) is 0 Å². The molecular formula is C17H21ClFN3OS. The zero-order chi connectivity index (χ0) is 16.1. The highest BCUT2D eigenvalue weighted by molar-refractivity contribution is 7.09. The van der Waals surface area contributed by atoms with E-state index in [2.05, 4.69) is 15.5 Å². The van der Waals surface area contributed by atoms with Crippen LogP contribution in [0.2, 0.25) is 0 Å². The van der Waals surface area contributed by atoms with E-state index in [4.69, 9.17) is 0 Å². The van der Waals surface area contributed by atoms with Crippen molar-refractivity contribution < 1.29 is 9.18 Å². The van der Waals surface area contributed by atoms with Crippen LogP contribution >= 0.6 is 23.7 Å². The molecule has 1 aliphatic rings. The van der Waals surface area contributed by atoms with Gasteiger partial charge in [0, 0.05) is 30.6 Å². The Kier molecular flexibility index (Phi) is 7.17. The Morgan fingerprint density at radius 1 is 1.38 bits per heavy atom. The first-order chi connectivity index (χ1) is 11.2. The second kappa shape index (κ2) is 9.13. The van der Waals surface area contributed by atoms with Crippen LogP contribution in [-0.2, 0) is 11.3 Å². The molecule has 3 rings (SSSR count). The highest BCUT2D eigenvalue weighted by atomic mass is 35.5. The summed E-state index contributed by atoms with van der Waals surface area (Å²) in [6.07, 6.45) is 0.